The third-order valence-electron chi connectivity index (χ3n) is 2.89. The number of hydrogen-bond donors (Lipinski definition) is 0. The SMILES string of the molecule is BrCc1ccc(-c2ccc(CBr)cc2CBr)cc1. The fourth-order valence-corrected chi connectivity index (χ4v) is 3.08. The minimum atomic E-state index is 0.878. The monoisotopic (exact) mass is 430 g/mol. The largest absolute Gasteiger partial charge is 0.0876 e. The maximum absolute atomic E-state index is 3.57. The molecule has 2 aromatic rings. The molecule has 0 amide bonds. The molecule has 0 nitrogen and oxygen atoms in total. The van der Waals surface area contributed by atoms with Crippen LogP contribution in [0.25, 0.3) is 11.1 Å². The smallest absolute Gasteiger partial charge is 0.0289 e. The summed E-state index contributed by atoms with van der Waals surface area (Å²) in [4.78, 5) is 0. The fraction of sp³-hybridized carbons (Fsp3) is 0.200. The van der Waals surface area contributed by atoms with Crippen molar-refractivity contribution in [2.75, 3.05) is 0 Å². The first kappa shape index (κ1) is 14.3. The molecule has 0 fully saturated rings. The van der Waals surface area contributed by atoms with E-state index in [4.69, 9.17) is 0 Å². The van der Waals surface area contributed by atoms with Gasteiger partial charge >= 0.3 is 0 Å². The van der Waals surface area contributed by atoms with Gasteiger partial charge in [-0.2, -0.15) is 0 Å². The highest BCUT2D eigenvalue weighted by atomic mass is 79.9. The van der Waals surface area contributed by atoms with Crippen molar-refractivity contribution >= 4 is 47.8 Å². The standard InChI is InChI=1S/C15H13Br3/c16-8-11-1-4-13(5-2-11)15-6-3-12(9-17)7-14(15)10-18/h1-7H,8-10H2. The summed E-state index contributed by atoms with van der Waals surface area (Å²) in [5.41, 5.74) is 6.52. The van der Waals surface area contributed by atoms with Crippen molar-refractivity contribution < 1.29 is 0 Å². The second-order valence-corrected chi connectivity index (χ2v) is 5.77. The van der Waals surface area contributed by atoms with E-state index in [1.807, 2.05) is 0 Å². The van der Waals surface area contributed by atoms with Crippen molar-refractivity contribution in [3.8, 4) is 11.1 Å². The molecule has 0 aliphatic heterocycles. The van der Waals surface area contributed by atoms with Gasteiger partial charge in [-0.05, 0) is 27.8 Å². The molecule has 0 aliphatic carbocycles. The van der Waals surface area contributed by atoms with Crippen LogP contribution >= 0.6 is 47.8 Å². The molecule has 18 heavy (non-hydrogen) atoms. The van der Waals surface area contributed by atoms with E-state index < -0.39 is 0 Å². The fourth-order valence-electron chi connectivity index (χ4n) is 1.90. The van der Waals surface area contributed by atoms with Gasteiger partial charge in [-0.15, -0.1) is 0 Å². The Morgan fingerprint density at radius 1 is 0.667 bits per heavy atom. The quantitative estimate of drug-likeness (QED) is 0.517. The highest BCUT2D eigenvalue weighted by molar-refractivity contribution is 9.09. The van der Waals surface area contributed by atoms with Gasteiger partial charge in [-0.25, -0.2) is 0 Å². The molecule has 0 bridgehead atoms. The summed E-state index contributed by atoms with van der Waals surface area (Å²) in [6.07, 6.45) is 0. The Balaban J connectivity index is 2.42. The molecule has 0 N–H and O–H groups in total. The molecule has 0 saturated heterocycles. The summed E-state index contributed by atoms with van der Waals surface area (Å²) in [5.74, 6) is 0. The Bertz CT molecular complexity index is 518. The van der Waals surface area contributed by atoms with Crippen LogP contribution in [0.3, 0.4) is 0 Å². The molecule has 0 radical (unpaired) electrons. The van der Waals surface area contributed by atoms with Gasteiger partial charge in [0.2, 0.25) is 0 Å². The number of hydrogen-bond acceptors (Lipinski definition) is 0. The Hall–Kier alpha value is -0.120. The molecule has 0 saturated carbocycles. The van der Waals surface area contributed by atoms with Crippen LogP contribution < -0.4 is 0 Å². The summed E-state index contributed by atoms with van der Waals surface area (Å²) in [6.45, 7) is 0. The van der Waals surface area contributed by atoms with E-state index in [1.54, 1.807) is 0 Å². The van der Waals surface area contributed by atoms with Gasteiger partial charge in [0.25, 0.3) is 0 Å². The second-order valence-electron chi connectivity index (χ2n) is 4.09. The van der Waals surface area contributed by atoms with Gasteiger partial charge in [0.15, 0.2) is 0 Å². The Labute approximate surface area is 133 Å². The Morgan fingerprint density at radius 2 is 1.28 bits per heavy atom. The molecule has 94 valence electrons. The van der Waals surface area contributed by atoms with Gasteiger partial charge in [0, 0.05) is 16.0 Å². The lowest BCUT2D eigenvalue weighted by Gasteiger charge is -2.10. The van der Waals surface area contributed by atoms with Gasteiger partial charge in [-0.1, -0.05) is 90.3 Å². The summed E-state index contributed by atoms with van der Waals surface area (Å²) in [5, 5.41) is 2.68. The van der Waals surface area contributed by atoms with Gasteiger partial charge in [-0.3, -0.25) is 0 Å². The van der Waals surface area contributed by atoms with Crippen LogP contribution in [-0.4, -0.2) is 0 Å². The molecule has 0 unspecified atom stereocenters. The van der Waals surface area contributed by atoms with Crippen molar-refractivity contribution in [1.29, 1.82) is 0 Å². The maximum Gasteiger partial charge on any atom is 0.0289 e. The lowest BCUT2D eigenvalue weighted by atomic mass is 9.98. The van der Waals surface area contributed by atoms with Gasteiger partial charge < -0.3 is 0 Å². The molecular weight excluding hydrogens is 420 g/mol. The van der Waals surface area contributed by atoms with Crippen molar-refractivity contribution in [2.45, 2.75) is 16.0 Å². The van der Waals surface area contributed by atoms with Crippen LogP contribution in [-0.2, 0) is 16.0 Å². The van der Waals surface area contributed by atoms with E-state index in [0.717, 1.165) is 16.0 Å². The van der Waals surface area contributed by atoms with Gasteiger partial charge in [0.05, 0.1) is 0 Å². The predicted molar refractivity (Wildman–Crippen MR) is 89.8 cm³/mol. The molecule has 0 atom stereocenters. The zero-order valence-corrected chi connectivity index (χ0v) is 14.6. The predicted octanol–water partition coefficient (Wildman–Crippen LogP) is 6.04. The van der Waals surface area contributed by atoms with Crippen molar-refractivity contribution in [3.05, 3.63) is 59.2 Å². The number of alkyl halides is 3. The lowest BCUT2D eigenvalue weighted by Crippen LogP contribution is -1.89. The number of benzene rings is 2. The molecule has 0 aliphatic rings. The summed E-state index contributed by atoms with van der Waals surface area (Å²) in [6, 6.07) is 15.3. The molecular formula is C15H13Br3. The van der Waals surface area contributed by atoms with Crippen molar-refractivity contribution in [1.82, 2.24) is 0 Å². The van der Waals surface area contributed by atoms with Crippen LogP contribution in [0.4, 0.5) is 0 Å². The first-order chi connectivity index (χ1) is 8.78. The zero-order valence-electron chi connectivity index (χ0n) is 9.80. The van der Waals surface area contributed by atoms with E-state index in [-0.39, 0.29) is 0 Å². The molecule has 2 rings (SSSR count). The molecule has 0 spiro atoms. The molecule has 2 aromatic carbocycles. The van der Waals surface area contributed by atoms with Crippen molar-refractivity contribution in [3.63, 3.8) is 0 Å². The van der Waals surface area contributed by atoms with E-state index in [1.165, 1.54) is 27.8 Å². The zero-order chi connectivity index (χ0) is 13.0. The second kappa shape index (κ2) is 6.88. The van der Waals surface area contributed by atoms with E-state index >= 15 is 0 Å². The molecule has 0 aromatic heterocycles. The third kappa shape index (κ3) is 3.25. The first-order valence-corrected chi connectivity index (χ1v) is 9.04. The summed E-state index contributed by atoms with van der Waals surface area (Å²) in [7, 11) is 0. The average molecular weight is 433 g/mol. The topological polar surface area (TPSA) is 0 Å². The highest BCUT2D eigenvalue weighted by Crippen LogP contribution is 2.27. The van der Waals surface area contributed by atoms with E-state index in [2.05, 4.69) is 90.3 Å². The maximum atomic E-state index is 3.57. The van der Waals surface area contributed by atoms with Gasteiger partial charge in [0.1, 0.15) is 0 Å². The van der Waals surface area contributed by atoms with Crippen LogP contribution in [0, 0.1) is 0 Å². The lowest BCUT2D eigenvalue weighted by molar-refractivity contribution is 1.34. The normalized spacial score (nSPS) is 10.6. The number of halogens is 3. The van der Waals surface area contributed by atoms with Crippen molar-refractivity contribution in [2.24, 2.45) is 0 Å². The average Bonchev–Trinajstić information content (AvgIpc) is 2.46. The first-order valence-electron chi connectivity index (χ1n) is 5.67. The summed E-state index contributed by atoms with van der Waals surface area (Å²) >= 11 is 10.5. The minimum absolute atomic E-state index is 0.878. The van der Waals surface area contributed by atoms with Crippen LogP contribution in [0.2, 0.25) is 0 Å². The Kier molecular flexibility index (Phi) is 5.46. The Morgan fingerprint density at radius 3 is 1.83 bits per heavy atom. The molecule has 0 heterocycles. The molecule has 3 heteroatoms. The highest BCUT2D eigenvalue weighted by Gasteiger charge is 2.05. The minimum Gasteiger partial charge on any atom is -0.0876 e. The van der Waals surface area contributed by atoms with Crippen LogP contribution in [0.5, 0.6) is 0 Å². The summed E-state index contributed by atoms with van der Waals surface area (Å²) < 4.78 is 0. The van der Waals surface area contributed by atoms with E-state index in [9.17, 15) is 0 Å². The number of rotatable bonds is 4. The van der Waals surface area contributed by atoms with Crippen LogP contribution in [0.1, 0.15) is 16.7 Å². The van der Waals surface area contributed by atoms with Crippen LogP contribution in [0.15, 0.2) is 42.5 Å². The third-order valence-corrected chi connectivity index (χ3v) is 4.79. The van der Waals surface area contributed by atoms with E-state index in [0.29, 0.717) is 0 Å².